The van der Waals surface area contributed by atoms with Crippen molar-refractivity contribution >= 4 is 21.1 Å². The molecule has 0 aliphatic carbocycles. The zero-order chi connectivity index (χ0) is 35.3. The van der Waals surface area contributed by atoms with E-state index in [9.17, 15) is 13.2 Å². The van der Waals surface area contributed by atoms with E-state index in [1.807, 2.05) is 0 Å². The molecule has 0 amide bonds. The molecule has 10 nitrogen and oxygen atoms in total. The van der Waals surface area contributed by atoms with Crippen LogP contribution in [0, 0.1) is 0 Å². The summed E-state index contributed by atoms with van der Waals surface area (Å²) in [6.07, 6.45) is -4.44. The van der Waals surface area contributed by atoms with Gasteiger partial charge in [-0.05, 0) is 63.8 Å². The van der Waals surface area contributed by atoms with E-state index in [0.717, 1.165) is 12.1 Å². The van der Waals surface area contributed by atoms with Crippen LogP contribution in [0.1, 0.15) is 66.6 Å². The molecule has 3 heterocycles. The van der Waals surface area contributed by atoms with E-state index in [0.29, 0.717) is 25.8 Å². The summed E-state index contributed by atoms with van der Waals surface area (Å²) >= 11 is 0. The second-order valence-electron chi connectivity index (χ2n) is 8.30. The highest BCUT2D eigenvalue weighted by Crippen LogP contribution is 2.31. The molecule has 2 atom stereocenters. The van der Waals surface area contributed by atoms with Crippen LogP contribution in [-0.4, -0.2) is 65.8 Å². The van der Waals surface area contributed by atoms with Crippen molar-refractivity contribution < 1.29 is 28.2 Å². The second-order valence-corrected chi connectivity index (χ2v) is 10.0. The van der Waals surface area contributed by atoms with Gasteiger partial charge in [0.05, 0.1) is 22.8 Å². The lowest BCUT2D eigenvalue weighted by Gasteiger charge is -2.19. The van der Waals surface area contributed by atoms with E-state index in [1.54, 1.807) is 18.9 Å². The summed E-state index contributed by atoms with van der Waals surface area (Å²) in [5.74, 6) is -0.332. The Bertz CT molecular complexity index is 1790. The third-order valence-electron chi connectivity index (χ3n) is 5.78. The van der Waals surface area contributed by atoms with E-state index in [-0.39, 0.29) is 28.4 Å². The summed E-state index contributed by atoms with van der Waals surface area (Å²) in [7, 11) is -2.86. The summed E-state index contributed by atoms with van der Waals surface area (Å²) in [5.41, 5.74) is -3.13. The Morgan fingerprint density at radius 3 is 2.94 bits per heavy atom. The molecular formula is C25H36N6O4S. The Hall–Kier alpha value is -2.76. The molecule has 11 heteroatoms. The molecular weight excluding hydrogens is 480 g/mol. The van der Waals surface area contributed by atoms with Gasteiger partial charge in [-0.25, -0.2) is 18.1 Å². The summed E-state index contributed by atoms with van der Waals surface area (Å²) in [6.45, 7) is -5.22. The molecule has 0 radical (unpaired) electrons. The number of fused-ring (bicyclic) bond motifs is 1. The Morgan fingerprint density at radius 2 is 2.22 bits per heavy atom. The lowest BCUT2D eigenvalue weighted by molar-refractivity contribution is 0.297. The van der Waals surface area contributed by atoms with Crippen LogP contribution in [0.15, 0.2) is 27.9 Å². The van der Waals surface area contributed by atoms with Gasteiger partial charge in [0.25, 0.3) is 5.56 Å². The van der Waals surface area contributed by atoms with E-state index >= 15 is 0 Å². The number of likely N-dealkylation sites (tertiary alicyclic amines) is 1. The lowest BCUT2D eigenvalue weighted by atomic mass is 10.1. The van der Waals surface area contributed by atoms with Crippen LogP contribution in [0.4, 0.5) is 0 Å². The molecule has 1 fully saturated rings. The van der Waals surface area contributed by atoms with Crippen LogP contribution >= 0.6 is 0 Å². The van der Waals surface area contributed by atoms with Crippen molar-refractivity contribution in [2.75, 3.05) is 26.7 Å². The highest BCUT2D eigenvalue weighted by molar-refractivity contribution is 7.89. The Kier molecular flexibility index (Phi) is 4.77. The lowest BCUT2D eigenvalue weighted by Crippen LogP contribution is -2.31. The Balaban J connectivity index is 1.88. The van der Waals surface area contributed by atoms with Gasteiger partial charge >= 0.3 is 0 Å². The molecule has 36 heavy (non-hydrogen) atoms. The largest absolute Gasteiger partial charge is 0.493 e. The molecule has 1 aliphatic rings. The maximum absolute atomic E-state index is 13.5. The molecule has 4 rings (SSSR count). The molecule has 3 aromatic rings. The number of nitrogens with zero attached hydrogens (tertiary/aromatic N) is 4. The quantitative estimate of drug-likeness (QED) is 0.393. The van der Waals surface area contributed by atoms with Crippen molar-refractivity contribution in [3.63, 3.8) is 0 Å². The average Bonchev–Trinajstić information content (AvgIpc) is 3.55. The molecule has 1 aliphatic heterocycles. The highest BCUT2D eigenvalue weighted by atomic mass is 32.2. The van der Waals surface area contributed by atoms with Gasteiger partial charge in [0.1, 0.15) is 17.1 Å². The van der Waals surface area contributed by atoms with E-state index in [2.05, 4.69) is 19.8 Å². The zero-order valence-corrected chi connectivity index (χ0v) is 20.8. The number of aromatic amines is 1. The molecule has 0 spiro atoms. The van der Waals surface area contributed by atoms with Crippen molar-refractivity contribution in [3.8, 4) is 17.1 Å². The van der Waals surface area contributed by atoms with Gasteiger partial charge in [-0.15, -0.1) is 0 Å². The first-order valence-corrected chi connectivity index (χ1v) is 12.9. The minimum atomic E-state index is -4.56. The number of aromatic nitrogens is 4. The van der Waals surface area contributed by atoms with Crippen LogP contribution in [0.2, 0.25) is 0 Å². The Labute approximate surface area is 227 Å². The summed E-state index contributed by atoms with van der Waals surface area (Å²) in [5, 5.41) is 3.78. The van der Waals surface area contributed by atoms with Gasteiger partial charge in [0.2, 0.25) is 10.0 Å². The number of hydrogen-bond acceptors (Lipinski definition) is 7. The summed E-state index contributed by atoms with van der Waals surface area (Å²) in [4.78, 5) is 21.4. The zero-order valence-electron chi connectivity index (χ0n) is 31.0. The van der Waals surface area contributed by atoms with E-state index in [4.69, 9.17) is 19.8 Å². The van der Waals surface area contributed by atoms with E-state index < -0.39 is 82.8 Å². The van der Waals surface area contributed by atoms with Crippen molar-refractivity contribution in [3.05, 3.63) is 34.2 Å². The SMILES string of the molecule is [2H]C(NS(=O)(=O)c1ccc(OCCC)c(-c2nc3c(C([2H])([2H])CC([2H])([2H])[2H])nn(C([2H])([2H])[2H])c3c(=O)[nH]2)c1)C([2H])([2H])C1CCCN1C. The van der Waals surface area contributed by atoms with Gasteiger partial charge in [-0.1, -0.05) is 20.2 Å². The van der Waals surface area contributed by atoms with Crippen LogP contribution in [-0.2, 0) is 23.4 Å². The van der Waals surface area contributed by atoms with Crippen molar-refractivity contribution in [2.45, 2.75) is 63.1 Å². The number of rotatable bonds is 11. The molecule has 1 saturated heterocycles. The monoisotopic (exact) mass is 527 g/mol. The molecule has 0 bridgehead atoms. The van der Waals surface area contributed by atoms with Crippen molar-refractivity contribution in [2.24, 2.45) is 6.98 Å². The van der Waals surface area contributed by atoms with Crippen LogP contribution in [0.5, 0.6) is 5.75 Å². The van der Waals surface area contributed by atoms with E-state index in [1.165, 1.54) is 6.07 Å². The smallest absolute Gasteiger partial charge is 0.277 e. The summed E-state index contributed by atoms with van der Waals surface area (Å²) < 4.78 is 123. The van der Waals surface area contributed by atoms with Crippen LogP contribution in [0.3, 0.4) is 0 Å². The molecule has 0 saturated carbocycles. The minimum absolute atomic E-state index is 0.0360. The maximum atomic E-state index is 13.5. The fraction of sp³-hybridized carbons (Fsp3) is 0.560. The standard InChI is InChI=1S/C25H36N6O4S/c1-5-8-20-22-23(31(4)29-20)25(32)28-24(27-22)19-16-18(10-11-21(19)35-15-6-2)36(33,34)26-13-12-17-9-7-14-30(17)3/h10-11,16-17,26H,5-9,12-15H2,1-4H3,(H,27,28,32)/i1D3,4D3,8D2,12D2,13D. The van der Waals surface area contributed by atoms with Gasteiger partial charge < -0.3 is 14.6 Å². The number of hydrogen-bond donors (Lipinski definition) is 2. The van der Waals surface area contributed by atoms with Crippen LogP contribution < -0.4 is 15.0 Å². The third-order valence-corrected chi connectivity index (χ3v) is 7.08. The molecule has 2 aromatic heterocycles. The molecule has 196 valence electrons. The predicted octanol–water partition coefficient (Wildman–Crippen LogP) is 2.83. The number of nitrogens with one attached hydrogen (secondary N) is 2. The van der Waals surface area contributed by atoms with Gasteiger partial charge in [0.15, 0.2) is 5.52 Å². The van der Waals surface area contributed by atoms with Gasteiger partial charge in [0, 0.05) is 34.6 Å². The average molecular weight is 528 g/mol. The van der Waals surface area contributed by atoms with Crippen molar-refractivity contribution in [1.82, 2.24) is 29.4 Å². The maximum Gasteiger partial charge on any atom is 0.277 e. The first-order chi connectivity index (χ1) is 21.5. The van der Waals surface area contributed by atoms with Crippen molar-refractivity contribution in [1.29, 1.82) is 0 Å². The van der Waals surface area contributed by atoms with Gasteiger partial charge in [-0.2, -0.15) is 5.10 Å². The first-order valence-electron chi connectivity index (χ1n) is 17.0. The predicted molar refractivity (Wildman–Crippen MR) is 140 cm³/mol. The molecule has 2 unspecified atom stereocenters. The third kappa shape index (κ3) is 5.47. The number of aryl methyl sites for hydroxylation is 2. The second kappa shape index (κ2) is 11.1. The number of ether oxygens (including phenoxy) is 1. The van der Waals surface area contributed by atoms with Gasteiger partial charge in [-0.3, -0.25) is 9.48 Å². The minimum Gasteiger partial charge on any atom is -0.493 e. The number of benzene rings is 1. The highest BCUT2D eigenvalue weighted by Gasteiger charge is 2.23. The topological polar surface area (TPSA) is 122 Å². The normalized spacial score (nSPS) is 23.6. The number of sulfonamides is 1. The fourth-order valence-electron chi connectivity index (χ4n) is 3.95. The number of H-pyrrole nitrogens is 1. The molecule has 2 N–H and O–H groups in total. The first kappa shape index (κ1) is 15.5. The molecule has 1 aromatic carbocycles. The van der Waals surface area contributed by atoms with Crippen LogP contribution in [0.25, 0.3) is 22.4 Å². The fourth-order valence-corrected chi connectivity index (χ4v) is 4.83. The summed E-state index contributed by atoms with van der Waals surface area (Å²) in [6, 6.07) is 2.80. The Morgan fingerprint density at radius 1 is 1.36 bits per heavy atom.